The Morgan fingerprint density at radius 2 is 1.57 bits per heavy atom. The van der Waals surface area contributed by atoms with Crippen LogP contribution in [0, 0.1) is 0 Å². The van der Waals surface area contributed by atoms with Crippen LogP contribution in [0.4, 0.5) is 5.69 Å². The van der Waals surface area contributed by atoms with Crippen molar-refractivity contribution in [1.29, 1.82) is 0 Å². The van der Waals surface area contributed by atoms with Gasteiger partial charge in [-0.05, 0) is 48.0 Å². The Kier molecular flexibility index (Phi) is 7.05. The third-order valence-corrected chi connectivity index (χ3v) is 4.33. The normalized spacial score (nSPS) is 10.2. The molecular formula is C24H24N2O4. The lowest BCUT2D eigenvalue weighted by Gasteiger charge is -2.13. The van der Waals surface area contributed by atoms with Crippen molar-refractivity contribution in [2.45, 2.75) is 6.54 Å². The van der Waals surface area contributed by atoms with Crippen LogP contribution in [0.15, 0.2) is 78.9 Å². The average Bonchev–Trinajstić information content (AvgIpc) is 2.77. The Hall–Kier alpha value is -3.80. The lowest BCUT2D eigenvalue weighted by molar-refractivity contribution is -0.124. The van der Waals surface area contributed by atoms with Crippen LogP contribution in [0.1, 0.15) is 15.9 Å². The van der Waals surface area contributed by atoms with Gasteiger partial charge in [0.05, 0.1) is 5.56 Å². The molecule has 0 saturated carbocycles. The summed E-state index contributed by atoms with van der Waals surface area (Å²) in [6.07, 6.45) is 0. The van der Waals surface area contributed by atoms with E-state index in [0.29, 0.717) is 23.6 Å². The van der Waals surface area contributed by atoms with E-state index < -0.39 is 5.97 Å². The number of carbonyl (C=O) groups is 2. The maximum absolute atomic E-state index is 12.3. The van der Waals surface area contributed by atoms with E-state index in [1.807, 2.05) is 73.6 Å². The predicted molar refractivity (Wildman–Crippen MR) is 116 cm³/mol. The molecule has 0 spiro atoms. The molecule has 0 atom stereocenters. The van der Waals surface area contributed by atoms with Crippen LogP contribution < -0.4 is 15.0 Å². The SMILES string of the molecule is CN(C)c1ccc(CNC(=O)COC(=O)c2cccc(Oc3ccccc3)c2)cc1. The highest BCUT2D eigenvalue weighted by Crippen LogP contribution is 2.22. The van der Waals surface area contributed by atoms with Crippen LogP contribution in [-0.2, 0) is 16.1 Å². The molecule has 3 aromatic rings. The highest BCUT2D eigenvalue weighted by atomic mass is 16.5. The number of hydrogen-bond donors (Lipinski definition) is 1. The first kappa shape index (κ1) is 20.9. The van der Waals surface area contributed by atoms with Crippen molar-refractivity contribution in [2.75, 3.05) is 25.6 Å². The molecule has 0 radical (unpaired) electrons. The maximum atomic E-state index is 12.3. The zero-order valence-corrected chi connectivity index (χ0v) is 17.0. The predicted octanol–water partition coefficient (Wildman–Crippen LogP) is 4.02. The van der Waals surface area contributed by atoms with E-state index in [9.17, 15) is 9.59 Å². The summed E-state index contributed by atoms with van der Waals surface area (Å²) in [5.74, 6) is 0.234. The fourth-order valence-corrected chi connectivity index (χ4v) is 2.69. The van der Waals surface area contributed by atoms with Gasteiger partial charge in [0, 0.05) is 26.3 Å². The second-order valence-corrected chi connectivity index (χ2v) is 6.86. The first-order valence-corrected chi connectivity index (χ1v) is 9.54. The fraction of sp³-hybridized carbons (Fsp3) is 0.167. The third-order valence-electron chi connectivity index (χ3n) is 4.33. The number of carbonyl (C=O) groups excluding carboxylic acids is 2. The number of amides is 1. The molecule has 3 rings (SSSR count). The zero-order valence-electron chi connectivity index (χ0n) is 17.0. The molecule has 0 bridgehead atoms. The molecule has 0 aliphatic carbocycles. The Morgan fingerprint density at radius 1 is 0.867 bits per heavy atom. The minimum atomic E-state index is -0.584. The van der Waals surface area contributed by atoms with E-state index in [2.05, 4.69) is 5.32 Å². The third kappa shape index (κ3) is 6.10. The molecule has 0 aliphatic heterocycles. The maximum Gasteiger partial charge on any atom is 0.338 e. The minimum absolute atomic E-state index is 0.315. The molecule has 0 fully saturated rings. The number of rotatable bonds is 8. The average molecular weight is 404 g/mol. The molecule has 3 aromatic carbocycles. The van der Waals surface area contributed by atoms with E-state index in [0.717, 1.165) is 11.3 Å². The lowest BCUT2D eigenvalue weighted by Crippen LogP contribution is -2.28. The molecule has 30 heavy (non-hydrogen) atoms. The van der Waals surface area contributed by atoms with E-state index in [-0.39, 0.29) is 12.5 Å². The van der Waals surface area contributed by atoms with E-state index >= 15 is 0 Å². The molecule has 0 saturated heterocycles. The summed E-state index contributed by atoms with van der Waals surface area (Å²) in [7, 11) is 3.93. The van der Waals surface area contributed by atoms with Crippen LogP contribution in [-0.4, -0.2) is 32.6 Å². The summed E-state index contributed by atoms with van der Waals surface area (Å²) >= 11 is 0. The second-order valence-electron chi connectivity index (χ2n) is 6.86. The van der Waals surface area contributed by atoms with Gasteiger partial charge >= 0.3 is 5.97 Å². The number of ether oxygens (including phenoxy) is 2. The number of anilines is 1. The molecule has 6 heteroatoms. The summed E-state index contributed by atoms with van der Waals surface area (Å²) in [6, 6.07) is 23.8. The number of nitrogens with one attached hydrogen (secondary N) is 1. The summed E-state index contributed by atoms with van der Waals surface area (Å²) < 4.78 is 10.8. The topological polar surface area (TPSA) is 67.9 Å². The van der Waals surface area contributed by atoms with Crippen molar-refractivity contribution in [1.82, 2.24) is 5.32 Å². The van der Waals surface area contributed by atoms with Crippen molar-refractivity contribution < 1.29 is 19.1 Å². The Labute approximate surface area is 176 Å². The van der Waals surface area contributed by atoms with Gasteiger partial charge in [0.25, 0.3) is 5.91 Å². The van der Waals surface area contributed by atoms with Crippen molar-refractivity contribution in [3.05, 3.63) is 90.0 Å². The van der Waals surface area contributed by atoms with Gasteiger partial charge < -0.3 is 19.7 Å². The highest BCUT2D eigenvalue weighted by molar-refractivity contribution is 5.91. The van der Waals surface area contributed by atoms with Crippen LogP contribution in [0.3, 0.4) is 0 Å². The van der Waals surface area contributed by atoms with Crippen molar-refractivity contribution in [3.8, 4) is 11.5 Å². The van der Waals surface area contributed by atoms with Crippen molar-refractivity contribution >= 4 is 17.6 Å². The van der Waals surface area contributed by atoms with E-state index in [1.54, 1.807) is 24.3 Å². The second kappa shape index (κ2) is 10.1. The lowest BCUT2D eigenvalue weighted by atomic mass is 10.2. The van der Waals surface area contributed by atoms with Gasteiger partial charge in [-0.3, -0.25) is 4.79 Å². The van der Waals surface area contributed by atoms with Gasteiger partial charge in [0.1, 0.15) is 11.5 Å². The van der Waals surface area contributed by atoms with Crippen molar-refractivity contribution in [2.24, 2.45) is 0 Å². The van der Waals surface area contributed by atoms with Crippen LogP contribution in [0.2, 0.25) is 0 Å². The summed E-state index contributed by atoms with van der Waals surface area (Å²) in [5.41, 5.74) is 2.36. The van der Waals surface area contributed by atoms with Crippen LogP contribution in [0.25, 0.3) is 0 Å². The van der Waals surface area contributed by atoms with E-state index in [4.69, 9.17) is 9.47 Å². The van der Waals surface area contributed by atoms with E-state index in [1.165, 1.54) is 0 Å². The number of nitrogens with zero attached hydrogens (tertiary/aromatic N) is 1. The number of benzene rings is 3. The van der Waals surface area contributed by atoms with Crippen LogP contribution in [0.5, 0.6) is 11.5 Å². The monoisotopic (exact) mass is 404 g/mol. The fourth-order valence-electron chi connectivity index (χ4n) is 2.69. The number of hydrogen-bond acceptors (Lipinski definition) is 5. The molecule has 0 aliphatic rings. The van der Waals surface area contributed by atoms with Gasteiger partial charge in [0.2, 0.25) is 0 Å². The molecule has 0 heterocycles. The van der Waals surface area contributed by atoms with Gasteiger partial charge in [-0.15, -0.1) is 0 Å². The first-order chi connectivity index (χ1) is 14.5. The van der Waals surface area contributed by atoms with Gasteiger partial charge in [0.15, 0.2) is 6.61 Å². The number of para-hydroxylation sites is 1. The number of esters is 1. The van der Waals surface area contributed by atoms with Gasteiger partial charge in [-0.1, -0.05) is 36.4 Å². The van der Waals surface area contributed by atoms with Crippen LogP contribution >= 0.6 is 0 Å². The Bertz CT molecular complexity index is 986. The molecule has 6 nitrogen and oxygen atoms in total. The van der Waals surface area contributed by atoms with Gasteiger partial charge in [-0.25, -0.2) is 4.79 Å². The highest BCUT2D eigenvalue weighted by Gasteiger charge is 2.11. The zero-order chi connectivity index (χ0) is 21.3. The Morgan fingerprint density at radius 3 is 2.27 bits per heavy atom. The first-order valence-electron chi connectivity index (χ1n) is 9.54. The van der Waals surface area contributed by atoms with Gasteiger partial charge in [-0.2, -0.15) is 0 Å². The molecule has 0 unspecified atom stereocenters. The standard InChI is InChI=1S/C24H24N2O4/c1-26(2)20-13-11-18(12-14-20)16-25-23(27)17-29-24(28)19-7-6-10-22(15-19)30-21-8-4-3-5-9-21/h3-15H,16-17H2,1-2H3,(H,25,27). The summed E-state index contributed by atoms with van der Waals surface area (Å²) in [6.45, 7) is 0.0167. The minimum Gasteiger partial charge on any atom is -0.457 e. The smallest absolute Gasteiger partial charge is 0.338 e. The largest absolute Gasteiger partial charge is 0.457 e. The molecular weight excluding hydrogens is 380 g/mol. The molecule has 154 valence electrons. The molecule has 1 amide bonds. The molecule has 1 N–H and O–H groups in total. The molecule has 0 aromatic heterocycles. The Balaban J connectivity index is 1.47. The van der Waals surface area contributed by atoms with Crippen molar-refractivity contribution in [3.63, 3.8) is 0 Å². The summed E-state index contributed by atoms with van der Waals surface area (Å²) in [5, 5.41) is 2.74. The summed E-state index contributed by atoms with van der Waals surface area (Å²) in [4.78, 5) is 26.3. The quantitative estimate of drug-likeness (QED) is 0.575.